The zero-order valence-electron chi connectivity index (χ0n) is 15.8. The summed E-state index contributed by atoms with van der Waals surface area (Å²) in [6, 6.07) is 6.71. The lowest BCUT2D eigenvalue weighted by atomic mass is 9.96. The minimum absolute atomic E-state index is 0.117. The van der Waals surface area contributed by atoms with Gasteiger partial charge in [-0.05, 0) is 61.9 Å². The number of likely N-dealkylation sites (tertiary alicyclic amines) is 2. The number of aryl methyl sites for hydroxylation is 2. The first kappa shape index (κ1) is 18.4. The number of nitrogens with zero attached hydrogens (tertiary/aromatic N) is 2. The van der Waals surface area contributed by atoms with Gasteiger partial charge in [0.05, 0.1) is 6.04 Å². The van der Waals surface area contributed by atoms with Crippen LogP contribution < -0.4 is 5.73 Å². The Bertz CT molecular complexity index is 589. The molecule has 0 aliphatic carbocycles. The summed E-state index contributed by atoms with van der Waals surface area (Å²) in [7, 11) is 0. The molecule has 0 radical (unpaired) electrons. The predicted octanol–water partition coefficient (Wildman–Crippen LogP) is 2.38. The molecular formula is C21H33N3O. The van der Waals surface area contributed by atoms with Gasteiger partial charge in [-0.2, -0.15) is 0 Å². The average Bonchev–Trinajstić information content (AvgIpc) is 2.61. The van der Waals surface area contributed by atoms with Crippen molar-refractivity contribution in [2.45, 2.75) is 64.5 Å². The summed E-state index contributed by atoms with van der Waals surface area (Å²) in [6.07, 6.45) is 6.69. The van der Waals surface area contributed by atoms with E-state index in [0.717, 1.165) is 25.9 Å². The molecule has 1 amide bonds. The largest absolute Gasteiger partial charge is 0.338 e. The van der Waals surface area contributed by atoms with Crippen molar-refractivity contribution in [3.63, 3.8) is 0 Å². The van der Waals surface area contributed by atoms with Gasteiger partial charge in [0.15, 0.2) is 0 Å². The van der Waals surface area contributed by atoms with Crippen molar-refractivity contribution in [3.05, 3.63) is 34.9 Å². The topological polar surface area (TPSA) is 49.6 Å². The number of rotatable bonds is 6. The van der Waals surface area contributed by atoms with Crippen LogP contribution in [-0.4, -0.2) is 54.0 Å². The highest BCUT2D eigenvalue weighted by molar-refractivity contribution is 5.82. The summed E-state index contributed by atoms with van der Waals surface area (Å²) >= 11 is 0. The lowest BCUT2D eigenvalue weighted by molar-refractivity contribution is -0.140. The Labute approximate surface area is 152 Å². The van der Waals surface area contributed by atoms with E-state index in [9.17, 15) is 4.79 Å². The van der Waals surface area contributed by atoms with E-state index >= 15 is 0 Å². The van der Waals surface area contributed by atoms with E-state index in [1.165, 1.54) is 49.0 Å². The first-order valence-corrected chi connectivity index (χ1v) is 10.0. The zero-order chi connectivity index (χ0) is 17.8. The fourth-order valence-corrected chi connectivity index (χ4v) is 4.21. The third kappa shape index (κ3) is 4.24. The van der Waals surface area contributed by atoms with Gasteiger partial charge >= 0.3 is 0 Å². The summed E-state index contributed by atoms with van der Waals surface area (Å²) in [5.74, 6) is 0.117. The van der Waals surface area contributed by atoms with E-state index in [0.29, 0.717) is 12.5 Å². The van der Waals surface area contributed by atoms with Gasteiger partial charge in [0.2, 0.25) is 5.91 Å². The summed E-state index contributed by atoms with van der Waals surface area (Å²) in [6.45, 7) is 8.49. The quantitative estimate of drug-likeness (QED) is 0.863. The molecule has 3 rings (SSSR count). The second-order valence-electron chi connectivity index (χ2n) is 7.61. The van der Waals surface area contributed by atoms with E-state index in [2.05, 4.69) is 36.9 Å². The van der Waals surface area contributed by atoms with Gasteiger partial charge in [0.1, 0.15) is 0 Å². The molecule has 4 heteroatoms. The molecule has 2 saturated heterocycles. The van der Waals surface area contributed by atoms with Crippen LogP contribution >= 0.6 is 0 Å². The predicted molar refractivity (Wildman–Crippen MR) is 103 cm³/mol. The average molecular weight is 344 g/mol. The highest BCUT2D eigenvalue weighted by Gasteiger charge is 2.36. The Morgan fingerprint density at radius 2 is 1.80 bits per heavy atom. The Morgan fingerprint density at radius 3 is 2.44 bits per heavy atom. The van der Waals surface area contributed by atoms with Crippen molar-refractivity contribution >= 4 is 5.91 Å². The lowest BCUT2D eigenvalue weighted by Gasteiger charge is -2.47. The monoisotopic (exact) mass is 343 g/mol. The molecule has 4 nitrogen and oxygen atoms in total. The van der Waals surface area contributed by atoms with E-state index < -0.39 is 6.04 Å². The van der Waals surface area contributed by atoms with Crippen molar-refractivity contribution in [1.29, 1.82) is 0 Å². The molecule has 2 aliphatic heterocycles. The number of piperidine rings is 1. The van der Waals surface area contributed by atoms with Crippen LogP contribution in [0.15, 0.2) is 18.2 Å². The number of carbonyl (C=O) groups excluding carboxylic acids is 1. The summed E-state index contributed by atoms with van der Waals surface area (Å²) in [4.78, 5) is 17.1. The molecular weight excluding hydrogens is 310 g/mol. The van der Waals surface area contributed by atoms with Crippen LogP contribution in [0.1, 0.15) is 49.8 Å². The zero-order valence-corrected chi connectivity index (χ0v) is 15.8. The number of hydrogen-bond donors (Lipinski definition) is 1. The van der Waals surface area contributed by atoms with Gasteiger partial charge in [0, 0.05) is 19.1 Å². The van der Waals surface area contributed by atoms with Crippen LogP contribution in [-0.2, 0) is 24.1 Å². The van der Waals surface area contributed by atoms with Gasteiger partial charge in [-0.15, -0.1) is 0 Å². The molecule has 1 atom stereocenters. The van der Waals surface area contributed by atoms with Gasteiger partial charge in [-0.3, -0.25) is 9.69 Å². The van der Waals surface area contributed by atoms with Crippen LogP contribution in [0.3, 0.4) is 0 Å². The minimum atomic E-state index is -0.417. The highest BCUT2D eigenvalue weighted by Crippen LogP contribution is 2.21. The summed E-state index contributed by atoms with van der Waals surface area (Å²) < 4.78 is 0. The number of nitrogens with two attached hydrogens (primary N) is 1. The van der Waals surface area contributed by atoms with Crippen molar-refractivity contribution < 1.29 is 4.79 Å². The Kier molecular flexibility index (Phi) is 6.13. The van der Waals surface area contributed by atoms with Gasteiger partial charge in [0.25, 0.3) is 0 Å². The summed E-state index contributed by atoms with van der Waals surface area (Å²) in [5.41, 5.74) is 10.2. The maximum Gasteiger partial charge on any atom is 0.239 e. The maximum absolute atomic E-state index is 12.6. The molecule has 2 aliphatic rings. The maximum atomic E-state index is 12.6. The molecule has 2 heterocycles. The molecule has 2 fully saturated rings. The third-order valence-electron chi connectivity index (χ3n) is 5.89. The molecule has 0 saturated carbocycles. The summed E-state index contributed by atoms with van der Waals surface area (Å²) in [5, 5.41) is 0. The molecule has 25 heavy (non-hydrogen) atoms. The smallest absolute Gasteiger partial charge is 0.239 e. The van der Waals surface area contributed by atoms with Crippen LogP contribution in [0.25, 0.3) is 0 Å². The Hall–Kier alpha value is -1.39. The number of amides is 1. The van der Waals surface area contributed by atoms with Crippen LogP contribution in [0, 0.1) is 0 Å². The second-order valence-corrected chi connectivity index (χ2v) is 7.61. The van der Waals surface area contributed by atoms with Crippen LogP contribution in [0.4, 0.5) is 0 Å². The molecule has 0 unspecified atom stereocenters. The van der Waals surface area contributed by atoms with Gasteiger partial charge in [-0.1, -0.05) is 38.5 Å². The van der Waals surface area contributed by atoms with E-state index in [1.807, 2.05) is 4.90 Å². The first-order chi connectivity index (χ1) is 12.1. The number of hydrogen-bond acceptors (Lipinski definition) is 3. The molecule has 0 bridgehead atoms. The SMILES string of the molecule is CCc1ccc(C[C@@H](N)C(=O)N2CC(N3CCCCC3)C2)cc1CC. The fraction of sp³-hybridized carbons (Fsp3) is 0.667. The second kappa shape index (κ2) is 8.33. The van der Waals surface area contributed by atoms with Crippen LogP contribution in [0.2, 0.25) is 0 Å². The highest BCUT2D eigenvalue weighted by atomic mass is 16.2. The normalized spacial score (nSPS) is 20.4. The molecule has 138 valence electrons. The molecule has 1 aromatic rings. The third-order valence-corrected chi connectivity index (χ3v) is 5.89. The number of carbonyl (C=O) groups is 1. The number of benzene rings is 1. The minimum Gasteiger partial charge on any atom is -0.338 e. The van der Waals surface area contributed by atoms with E-state index in [1.54, 1.807) is 0 Å². The molecule has 0 spiro atoms. The van der Waals surface area contributed by atoms with Gasteiger partial charge < -0.3 is 10.6 Å². The Balaban J connectivity index is 1.51. The van der Waals surface area contributed by atoms with Crippen molar-refractivity contribution in [3.8, 4) is 0 Å². The van der Waals surface area contributed by atoms with Crippen molar-refractivity contribution in [2.24, 2.45) is 5.73 Å². The molecule has 2 N–H and O–H groups in total. The van der Waals surface area contributed by atoms with Crippen molar-refractivity contribution in [1.82, 2.24) is 9.80 Å². The molecule has 1 aromatic carbocycles. The Morgan fingerprint density at radius 1 is 1.12 bits per heavy atom. The van der Waals surface area contributed by atoms with Crippen molar-refractivity contribution in [2.75, 3.05) is 26.2 Å². The fourth-order valence-electron chi connectivity index (χ4n) is 4.21. The lowest BCUT2D eigenvalue weighted by Crippen LogP contribution is -2.64. The van der Waals surface area contributed by atoms with E-state index in [-0.39, 0.29) is 5.91 Å². The van der Waals surface area contributed by atoms with Crippen LogP contribution in [0.5, 0.6) is 0 Å². The first-order valence-electron chi connectivity index (χ1n) is 10.0. The molecule has 0 aromatic heterocycles. The standard InChI is InChI=1S/C21H33N3O/c1-3-17-9-8-16(12-18(17)4-2)13-20(22)21(25)24-14-19(15-24)23-10-6-5-7-11-23/h8-9,12,19-20H,3-7,10-11,13-15,22H2,1-2H3/t20-/m1/s1. The van der Waals surface area contributed by atoms with Gasteiger partial charge in [-0.25, -0.2) is 0 Å². The van der Waals surface area contributed by atoms with E-state index in [4.69, 9.17) is 5.73 Å².